The highest BCUT2D eigenvalue weighted by Crippen LogP contribution is 2.08. The first-order valence-corrected chi connectivity index (χ1v) is 7.20. The van der Waals surface area contributed by atoms with Crippen molar-refractivity contribution in [2.24, 2.45) is 5.73 Å². The number of hydrogen-bond acceptors (Lipinski definition) is 4. The molecule has 0 atom stereocenters. The SMILES string of the molecule is CCN1CCN(CCN2CCC(N)CC2)CC1. The number of likely N-dealkylation sites (N-methyl/N-ethyl adjacent to an activating group) is 1. The first-order chi connectivity index (χ1) is 8.28. The maximum Gasteiger partial charge on any atom is 0.0110 e. The van der Waals surface area contributed by atoms with Crippen molar-refractivity contribution in [3.8, 4) is 0 Å². The van der Waals surface area contributed by atoms with Crippen LogP contribution in [0, 0.1) is 0 Å². The van der Waals surface area contributed by atoms with Gasteiger partial charge in [0.1, 0.15) is 0 Å². The molecule has 2 aliphatic rings. The second-order valence-corrected chi connectivity index (χ2v) is 5.45. The highest BCUT2D eigenvalue weighted by atomic mass is 15.3. The van der Waals surface area contributed by atoms with Gasteiger partial charge in [-0.1, -0.05) is 6.92 Å². The number of rotatable bonds is 4. The number of piperazine rings is 1. The van der Waals surface area contributed by atoms with Crippen molar-refractivity contribution in [2.45, 2.75) is 25.8 Å². The Balaban J connectivity index is 1.59. The van der Waals surface area contributed by atoms with E-state index in [2.05, 4.69) is 21.6 Å². The second kappa shape index (κ2) is 6.69. The zero-order valence-corrected chi connectivity index (χ0v) is 11.3. The molecular formula is C13H28N4. The maximum atomic E-state index is 5.92. The van der Waals surface area contributed by atoms with E-state index in [1.165, 1.54) is 71.7 Å². The lowest BCUT2D eigenvalue weighted by molar-refractivity contribution is 0.115. The third kappa shape index (κ3) is 4.21. The van der Waals surface area contributed by atoms with Crippen molar-refractivity contribution in [3.63, 3.8) is 0 Å². The topological polar surface area (TPSA) is 35.7 Å². The summed E-state index contributed by atoms with van der Waals surface area (Å²) >= 11 is 0. The molecule has 2 saturated heterocycles. The van der Waals surface area contributed by atoms with Crippen molar-refractivity contribution in [1.82, 2.24) is 14.7 Å². The van der Waals surface area contributed by atoms with Crippen molar-refractivity contribution in [1.29, 1.82) is 0 Å². The Morgan fingerprint density at radius 1 is 0.824 bits per heavy atom. The van der Waals surface area contributed by atoms with Crippen LogP contribution in [-0.2, 0) is 0 Å². The van der Waals surface area contributed by atoms with E-state index >= 15 is 0 Å². The summed E-state index contributed by atoms with van der Waals surface area (Å²) in [5, 5.41) is 0. The summed E-state index contributed by atoms with van der Waals surface area (Å²) < 4.78 is 0. The minimum Gasteiger partial charge on any atom is -0.328 e. The second-order valence-electron chi connectivity index (χ2n) is 5.45. The van der Waals surface area contributed by atoms with Crippen LogP contribution >= 0.6 is 0 Å². The molecule has 2 heterocycles. The van der Waals surface area contributed by atoms with E-state index < -0.39 is 0 Å². The largest absolute Gasteiger partial charge is 0.328 e. The molecule has 2 fully saturated rings. The first-order valence-electron chi connectivity index (χ1n) is 7.20. The zero-order valence-electron chi connectivity index (χ0n) is 11.3. The van der Waals surface area contributed by atoms with Crippen LogP contribution in [-0.4, -0.2) is 79.6 Å². The fourth-order valence-corrected chi connectivity index (χ4v) is 2.79. The quantitative estimate of drug-likeness (QED) is 0.753. The van der Waals surface area contributed by atoms with E-state index in [1.54, 1.807) is 0 Å². The number of nitrogens with two attached hydrogens (primary N) is 1. The van der Waals surface area contributed by atoms with Crippen molar-refractivity contribution < 1.29 is 0 Å². The molecule has 100 valence electrons. The minimum absolute atomic E-state index is 0.458. The fourth-order valence-electron chi connectivity index (χ4n) is 2.79. The third-order valence-electron chi connectivity index (χ3n) is 4.28. The molecule has 2 aliphatic heterocycles. The lowest BCUT2D eigenvalue weighted by atomic mass is 10.1. The van der Waals surface area contributed by atoms with Gasteiger partial charge in [-0.3, -0.25) is 4.90 Å². The molecule has 0 amide bonds. The molecule has 0 aliphatic carbocycles. The van der Waals surface area contributed by atoms with Gasteiger partial charge in [-0.05, 0) is 32.5 Å². The van der Waals surface area contributed by atoms with E-state index in [9.17, 15) is 0 Å². The smallest absolute Gasteiger partial charge is 0.0110 e. The molecule has 0 aromatic carbocycles. The van der Waals surface area contributed by atoms with Crippen molar-refractivity contribution >= 4 is 0 Å². The molecule has 4 nitrogen and oxygen atoms in total. The van der Waals surface area contributed by atoms with Gasteiger partial charge in [0, 0.05) is 45.3 Å². The van der Waals surface area contributed by atoms with E-state index in [0.717, 1.165) is 0 Å². The first kappa shape index (κ1) is 13.3. The molecule has 0 bridgehead atoms. The number of nitrogens with zero attached hydrogens (tertiary/aromatic N) is 3. The van der Waals surface area contributed by atoms with Crippen LogP contribution in [0.4, 0.5) is 0 Å². The minimum atomic E-state index is 0.458. The van der Waals surface area contributed by atoms with Crippen molar-refractivity contribution in [2.75, 3.05) is 58.9 Å². The van der Waals surface area contributed by atoms with Crippen LogP contribution in [0.5, 0.6) is 0 Å². The summed E-state index contributed by atoms with van der Waals surface area (Å²) in [6, 6.07) is 0.458. The van der Waals surface area contributed by atoms with Gasteiger partial charge in [0.2, 0.25) is 0 Å². The average Bonchev–Trinajstić information content (AvgIpc) is 2.39. The monoisotopic (exact) mass is 240 g/mol. The molecule has 0 aromatic rings. The normalized spacial score (nSPS) is 26.5. The summed E-state index contributed by atoms with van der Waals surface area (Å²) in [5.41, 5.74) is 5.92. The number of likely N-dealkylation sites (tertiary alicyclic amines) is 1. The molecule has 2 rings (SSSR count). The van der Waals surface area contributed by atoms with E-state index in [0.29, 0.717) is 6.04 Å². The van der Waals surface area contributed by atoms with Gasteiger partial charge in [-0.2, -0.15) is 0 Å². The zero-order chi connectivity index (χ0) is 12.1. The molecule has 0 aromatic heterocycles. The summed E-state index contributed by atoms with van der Waals surface area (Å²) in [7, 11) is 0. The van der Waals surface area contributed by atoms with Gasteiger partial charge in [-0.25, -0.2) is 0 Å². The molecule has 0 saturated carbocycles. The van der Waals surface area contributed by atoms with Gasteiger partial charge in [-0.15, -0.1) is 0 Å². The van der Waals surface area contributed by atoms with Crippen LogP contribution < -0.4 is 5.73 Å². The van der Waals surface area contributed by atoms with E-state index in [4.69, 9.17) is 5.73 Å². The summed E-state index contributed by atoms with van der Waals surface area (Å²) in [6.07, 6.45) is 2.37. The Hall–Kier alpha value is -0.160. The standard InChI is InChI=1S/C13H28N4/c1-2-15-7-9-17(10-8-15)12-11-16-5-3-13(14)4-6-16/h13H,2-12,14H2,1H3. The molecule has 0 radical (unpaired) electrons. The highest BCUT2D eigenvalue weighted by molar-refractivity contribution is 4.76. The Bertz CT molecular complexity index is 205. The van der Waals surface area contributed by atoms with Crippen LogP contribution in [0.2, 0.25) is 0 Å². The van der Waals surface area contributed by atoms with E-state index in [-0.39, 0.29) is 0 Å². The molecule has 4 heteroatoms. The van der Waals surface area contributed by atoms with Crippen LogP contribution in [0.15, 0.2) is 0 Å². The Labute approximate surface area is 106 Å². The van der Waals surface area contributed by atoms with Gasteiger partial charge < -0.3 is 15.5 Å². The van der Waals surface area contributed by atoms with Gasteiger partial charge >= 0.3 is 0 Å². The molecule has 0 unspecified atom stereocenters. The Kier molecular flexibility index (Phi) is 5.22. The molecule has 17 heavy (non-hydrogen) atoms. The van der Waals surface area contributed by atoms with Gasteiger partial charge in [0.15, 0.2) is 0 Å². The predicted molar refractivity (Wildman–Crippen MR) is 72.2 cm³/mol. The average molecular weight is 240 g/mol. The van der Waals surface area contributed by atoms with Gasteiger partial charge in [0.25, 0.3) is 0 Å². The van der Waals surface area contributed by atoms with E-state index in [1.807, 2.05) is 0 Å². The van der Waals surface area contributed by atoms with Crippen LogP contribution in [0.1, 0.15) is 19.8 Å². The number of hydrogen-bond donors (Lipinski definition) is 1. The summed E-state index contributed by atoms with van der Waals surface area (Å²) in [5.74, 6) is 0. The molecule has 0 spiro atoms. The Morgan fingerprint density at radius 3 is 1.82 bits per heavy atom. The Morgan fingerprint density at radius 2 is 1.29 bits per heavy atom. The van der Waals surface area contributed by atoms with Crippen LogP contribution in [0.25, 0.3) is 0 Å². The number of piperidine rings is 1. The molecular weight excluding hydrogens is 212 g/mol. The third-order valence-corrected chi connectivity index (χ3v) is 4.28. The van der Waals surface area contributed by atoms with Crippen molar-refractivity contribution in [3.05, 3.63) is 0 Å². The van der Waals surface area contributed by atoms with Gasteiger partial charge in [0.05, 0.1) is 0 Å². The maximum absolute atomic E-state index is 5.92. The predicted octanol–water partition coefficient (Wildman–Crippen LogP) is 0.0470. The lowest BCUT2D eigenvalue weighted by Gasteiger charge is -2.36. The highest BCUT2D eigenvalue weighted by Gasteiger charge is 2.18. The summed E-state index contributed by atoms with van der Waals surface area (Å²) in [4.78, 5) is 7.73. The molecule has 2 N–H and O–H groups in total. The lowest BCUT2D eigenvalue weighted by Crippen LogP contribution is -2.49. The summed E-state index contributed by atoms with van der Waals surface area (Å²) in [6.45, 7) is 13.4. The fraction of sp³-hybridized carbons (Fsp3) is 1.00. The van der Waals surface area contributed by atoms with Crippen LogP contribution in [0.3, 0.4) is 0 Å².